The molecule has 0 aliphatic carbocycles. The van der Waals surface area contributed by atoms with Crippen LogP contribution in [0.15, 0.2) is 52.0 Å². The molecule has 4 rings (SSSR count). The Morgan fingerprint density at radius 2 is 1.56 bits per heavy atom. The molecule has 8 heteroatoms. The molecule has 1 atom stereocenters. The molecule has 2 aliphatic heterocycles. The van der Waals surface area contributed by atoms with Gasteiger partial charge in [0.15, 0.2) is 0 Å². The number of likely N-dealkylation sites (tertiary alicyclic amines) is 1. The zero-order chi connectivity index (χ0) is 23.8. The van der Waals surface area contributed by atoms with E-state index in [1.807, 2.05) is 24.3 Å². The van der Waals surface area contributed by atoms with Gasteiger partial charge in [-0.1, -0.05) is 31.4 Å². The van der Waals surface area contributed by atoms with Gasteiger partial charge in [0, 0.05) is 26.1 Å². The van der Waals surface area contributed by atoms with Crippen molar-refractivity contribution in [1.29, 1.82) is 0 Å². The Bertz CT molecular complexity index is 991. The Kier molecular flexibility index (Phi) is 8.80. The Morgan fingerprint density at radius 1 is 0.912 bits per heavy atom. The summed E-state index contributed by atoms with van der Waals surface area (Å²) < 4.78 is 33.2. The second kappa shape index (κ2) is 12.0. The van der Waals surface area contributed by atoms with Crippen molar-refractivity contribution in [2.24, 2.45) is 0 Å². The molecular weight excluding hydrogens is 450 g/mol. The second-order valence-electron chi connectivity index (χ2n) is 9.39. The minimum absolute atomic E-state index is 0.00479. The third kappa shape index (κ3) is 6.49. The van der Waals surface area contributed by atoms with Gasteiger partial charge in [0.05, 0.1) is 17.2 Å². The lowest BCUT2D eigenvalue weighted by atomic mass is 10.1. The van der Waals surface area contributed by atoms with E-state index < -0.39 is 10.0 Å². The van der Waals surface area contributed by atoms with Crippen LogP contribution in [0.25, 0.3) is 0 Å². The van der Waals surface area contributed by atoms with Crippen molar-refractivity contribution in [2.75, 3.05) is 32.7 Å². The molecule has 2 aromatic rings. The molecule has 1 aromatic carbocycles. The predicted molar refractivity (Wildman–Crippen MR) is 132 cm³/mol. The third-order valence-electron chi connectivity index (χ3n) is 6.96. The third-order valence-corrected chi connectivity index (χ3v) is 8.88. The number of aryl methyl sites for hydroxylation is 1. The van der Waals surface area contributed by atoms with Crippen LogP contribution < -0.4 is 5.32 Å². The van der Waals surface area contributed by atoms with Gasteiger partial charge in [-0.15, -0.1) is 0 Å². The van der Waals surface area contributed by atoms with Gasteiger partial charge in [-0.05, 0) is 75.0 Å². The van der Waals surface area contributed by atoms with Crippen molar-refractivity contribution in [1.82, 2.24) is 14.5 Å². The van der Waals surface area contributed by atoms with Crippen molar-refractivity contribution in [3.63, 3.8) is 0 Å². The standard InChI is InChI=1S/C26H37N3O4S/c30-26(27-21-24(25-9-8-20-33-25)28-16-4-3-5-17-28)15-12-22-10-13-23(14-11-22)34(31,32)29-18-6-1-2-7-19-29/h8-11,13-14,20,24H,1-7,12,15-19,21H2,(H,27,30). The lowest BCUT2D eigenvalue weighted by Gasteiger charge is -2.33. The number of sulfonamides is 1. The predicted octanol–water partition coefficient (Wildman–Crippen LogP) is 4.12. The summed E-state index contributed by atoms with van der Waals surface area (Å²) >= 11 is 0. The molecule has 0 radical (unpaired) electrons. The van der Waals surface area contributed by atoms with Gasteiger partial charge in [0.2, 0.25) is 15.9 Å². The van der Waals surface area contributed by atoms with Crippen LogP contribution in [0.3, 0.4) is 0 Å². The summed E-state index contributed by atoms with van der Waals surface area (Å²) in [6, 6.07) is 10.9. The van der Waals surface area contributed by atoms with E-state index in [1.54, 1.807) is 22.7 Å². The number of hydrogen-bond acceptors (Lipinski definition) is 5. The Morgan fingerprint density at radius 3 is 2.21 bits per heavy atom. The van der Waals surface area contributed by atoms with Crippen LogP contribution in [0.5, 0.6) is 0 Å². The summed E-state index contributed by atoms with van der Waals surface area (Å²) in [6.07, 6.45) is 10.3. The fourth-order valence-corrected chi connectivity index (χ4v) is 6.45. The summed E-state index contributed by atoms with van der Waals surface area (Å²) in [5.74, 6) is 0.887. The summed E-state index contributed by atoms with van der Waals surface area (Å²) in [7, 11) is -3.44. The molecule has 2 aliphatic rings. The fourth-order valence-electron chi connectivity index (χ4n) is 4.94. The molecule has 1 unspecified atom stereocenters. The first-order valence-corrected chi connectivity index (χ1v) is 14.1. The molecule has 1 N–H and O–H groups in total. The van der Waals surface area contributed by atoms with Crippen molar-refractivity contribution in [2.45, 2.75) is 68.7 Å². The van der Waals surface area contributed by atoms with Crippen molar-refractivity contribution in [3.05, 3.63) is 54.0 Å². The van der Waals surface area contributed by atoms with Gasteiger partial charge in [0.25, 0.3) is 0 Å². The monoisotopic (exact) mass is 487 g/mol. The number of hydrogen-bond donors (Lipinski definition) is 1. The SMILES string of the molecule is O=C(CCc1ccc(S(=O)(=O)N2CCCCCC2)cc1)NCC(c1ccco1)N1CCCCC1. The van der Waals surface area contributed by atoms with E-state index in [0.29, 0.717) is 37.4 Å². The molecule has 2 fully saturated rings. The van der Waals surface area contributed by atoms with Crippen LogP contribution in [0.4, 0.5) is 0 Å². The highest BCUT2D eigenvalue weighted by Crippen LogP contribution is 2.25. The Labute approximate surface area is 203 Å². The van der Waals surface area contributed by atoms with E-state index in [9.17, 15) is 13.2 Å². The first-order chi connectivity index (χ1) is 16.5. The van der Waals surface area contributed by atoms with Crippen LogP contribution in [-0.4, -0.2) is 56.3 Å². The van der Waals surface area contributed by atoms with Crippen molar-refractivity contribution >= 4 is 15.9 Å². The van der Waals surface area contributed by atoms with Gasteiger partial charge in [-0.25, -0.2) is 8.42 Å². The number of nitrogens with zero attached hydrogens (tertiary/aromatic N) is 2. The summed E-state index contributed by atoms with van der Waals surface area (Å²) in [5, 5.41) is 3.08. The fraction of sp³-hybridized carbons (Fsp3) is 0.577. The molecule has 0 spiro atoms. The molecule has 34 heavy (non-hydrogen) atoms. The van der Waals surface area contributed by atoms with Crippen LogP contribution >= 0.6 is 0 Å². The lowest BCUT2D eigenvalue weighted by molar-refractivity contribution is -0.121. The first-order valence-electron chi connectivity index (χ1n) is 12.7. The number of piperidine rings is 1. The van der Waals surface area contributed by atoms with E-state index in [2.05, 4.69) is 10.2 Å². The van der Waals surface area contributed by atoms with Crippen LogP contribution in [-0.2, 0) is 21.2 Å². The zero-order valence-electron chi connectivity index (χ0n) is 20.0. The maximum Gasteiger partial charge on any atom is 0.243 e. The van der Waals surface area contributed by atoms with E-state index in [0.717, 1.165) is 50.1 Å². The minimum atomic E-state index is -3.44. The van der Waals surface area contributed by atoms with E-state index in [1.165, 1.54) is 19.3 Å². The topological polar surface area (TPSA) is 82.9 Å². The van der Waals surface area contributed by atoms with Gasteiger partial charge in [0.1, 0.15) is 5.76 Å². The van der Waals surface area contributed by atoms with E-state index in [4.69, 9.17) is 4.42 Å². The van der Waals surface area contributed by atoms with E-state index >= 15 is 0 Å². The number of carbonyl (C=O) groups is 1. The summed E-state index contributed by atoms with van der Waals surface area (Å²) in [5.41, 5.74) is 0.962. The first kappa shape index (κ1) is 24.9. The molecule has 3 heterocycles. The van der Waals surface area contributed by atoms with Crippen LogP contribution in [0.1, 0.15) is 68.7 Å². The number of benzene rings is 1. The molecule has 7 nitrogen and oxygen atoms in total. The molecule has 0 saturated carbocycles. The Balaban J connectivity index is 1.28. The van der Waals surface area contributed by atoms with Crippen molar-refractivity contribution < 1.29 is 17.6 Å². The van der Waals surface area contributed by atoms with Crippen LogP contribution in [0, 0.1) is 0 Å². The molecule has 0 bridgehead atoms. The average molecular weight is 488 g/mol. The van der Waals surface area contributed by atoms with Gasteiger partial charge >= 0.3 is 0 Å². The van der Waals surface area contributed by atoms with Crippen LogP contribution in [0.2, 0.25) is 0 Å². The number of rotatable bonds is 9. The normalized spacial score (nSPS) is 19.4. The number of furan rings is 1. The largest absolute Gasteiger partial charge is 0.468 e. The molecule has 2 saturated heterocycles. The maximum absolute atomic E-state index is 12.9. The summed E-state index contributed by atoms with van der Waals surface area (Å²) in [4.78, 5) is 15.3. The van der Waals surface area contributed by atoms with E-state index in [-0.39, 0.29) is 11.9 Å². The maximum atomic E-state index is 12.9. The smallest absolute Gasteiger partial charge is 0.243 e. The number of carbonyl (C=O) groups excluding carboxylic acids is 1. The quantitative estimate of drug-likeness (QED) is 0.575. The molecular formula is C26H37N3O4S. The van der Waals surface area contributed by atoms with Gasteiger partial charge in [-0.3, -0.25) is 9.69 Å². The minimum Gasteiger partial charge on any atom is -0.468 e. The second-order valence-corrected chi connectivity index (χ2v) is 11.3. The number of amides is 1. The highest BCUT2D eigenvalue weighted by molar-refractivity contribution is 7.89. The Hall–Kier alpha value is -2.16. The number of nitrogens with one attached hydrogen (secondary N) is 1. The zero-order valence-corrected chi connectivity index (χ0v) is 20.8. The molecule has 186 valence electrons. The highest BCUT2D eigenvalue weighted by Gasteiger charge is 2.26. The average Bonchev–Trinajstić information content (AvgIpc) is 3.24. The van der Waals surface area contributed by atoms with Crippen molar-refractivity contribution in [3.8, 4) is 0 Å². The van der Waals surface area contributed by atoms with Gasteiger partial charge < -0.3 is 9.73 Å². The summed E-state index contributed by atoms with van der Waals surface area (Å²) in [6.45, 7) is 3.77. The highest BCUT2D eigenvalue weighted by atomic mass is 32.2. The van der Waals surface area contributed by atoms with Gasteiger partial charge in [-0.2, -0.15) is 4.31 Å². The molecule has 1 aromatic heterocycles. The molecule has 1 amide bonds. The lowest BCUT2D eigenvalue weighted by Crippen LogP contribution is -2.40.